The number of ketones is 3. The van der Waals surface area contributed by atoms with Gasteiger partial charge in [0.15, 0.2) is 17.9 Å². The number of phenols is 2. The van der Waals surface area contributed by atoms with E-state index in [2.05, 4.69) is 0 Å². The molecule has 7 atom stereocenters. The van der Waals surface area contributed by atoms with Gasteiger partial charge in [-0.05, 0) is 19.9 Å². The maximum atomic E-state index is 13.9. The number of nitrogens with zero attached hydrogens (tertiary/aromatic N) is 2. The lowest BCUT2D eigenvalue weighted by Gasteiger charge is -2.50. The molecule has 2 aromatic carbocycles. The molecule has 5 unspecified atom stereocenters. The fourth-order valence-electron chi connectivity index (χ4n) is 7.58. The molecule has 0 radical (unpaired) electrons. The molecule has 51 heavy (non-hydrogen) atoms. The summed E-state index contributed by atoms with van der Waals surface area (Å²) < 4.78 is 57.9. The van der Waals surface area contributed by atoms with Gasteiger partial charge in [-0.25, -0.2) is 10.0 Å². The SMILES string of the molecule is COc1cccc2c1C(=O)c1c(O)c3c(c(O)c1C2=O)C[C@@](O)(C(=O)CO)C[C@@H]3OC1CC(N(C(C)S(=O)(=O)O)N2CCOCC2)C(O)C(C)O1. The number of rotatable bonds is 9. The number of methoxy groups -OCH3 is 1. The Labute approximate surface area is 292 Å². The summed E-state index contributed by atoms with van der Waals surface area (Å²) in [4.78, 5) is 40.6. The molecule has 18 heteroatoms. The Hall–Kier alpha value is -3.56. The summed E-state index contributed by atoms with van der Waals surface area (Å²) in [5.41, 5.74) is -4.25. The van der Waals surface area contributed by atoms with Crippen LogP contribution in [0.4, 0.5) is 0 Å². The lowest BCUT2D eigenvalue weighted by molar-refractivity contribution is -0.275. The standard InChI is InChI=1S/C33H40N2O15S/c1-15-28(38)19(35(16(2)51(44,45)46)34-7-9-48-10-8-34)11-23(49-15)50-21-13-33(43,22(37)14-36)12-18-25(21)32(42)27-26(30(18)40)29(39)17-5-4-6-20(47-3)24(17)31(27)41/h4-6,15-16,19,21,23,28,36,38,40,42-43H,7-14H2,1-3H3,(H,44,45,46)/t15?,16?,19?,21-,23?,28?,33-/m0/s1. The van der Waals surface area contributed by atoms with Crippen LogP contribution in [0.1, 0.15) is 75.8 Å². The smallest absolute Gasteiger partial charge is 0.282 e. The lowest BCUT2D eigenvalue weighted by atomic mass is 9.72. The number of hydrazine groups is 1. The molecule has 2 fully saturated rings. The summed E-state index contributed by atoms with van der Waals surface area (Å²) in [7, 11) is -3.39. The lowest BCUT2D eigenvalue weighted by Crippen LogP contribution is -2.65. The van der Waals surface area contributed by atoms with E-state index >= 15 is 0 Å². The first kappa shape index (κ1) is 37.2. The summed E-state index contributed by atoms with van der Waals surface area (Å²) in [6, 6.07) is 3.22. The molecule has 2 aliphatic heterocycles. The van der Waals surface area contributed by atoms with Crippen molar-refractivity contribution in [1.29, 1.82) is 0 Å². The topological polar surface area (TPSA) is 250 Å². The zero-order valence-electron chi connectivity index (χ0n) is 28.0. The third kappa shape index (κ3) is 6.32. The Morgan fingerprint density at radius 2 is 1.78 bits per heavy atom. The molecule has 6 rings (SSSR count). The molecule has 2 aromatic rings. The normalized spacial score (nSPS) is 28.9. The van der Waals surface area contributed by atoms with Crippen molar-refractivity contribution in [3.63, 3.8) is 0 Å². The van der Waals surface area contributed by atoms with Crippen LogP contribution < -0.4 is 4.74 Å². The molecule has 2 saturated heterocycles. The van der Waals surface area contributed by atoms with Gasteiger partial charge in [0.2, 0.25) is 5.78 Å². The second-order valence-corrected chi connectivity index (χ2v) is 14.8. The van der Waals surface area contributed by atoms with Crippen LogP contribution in [0.3, 0.4) is 0 Å². The third-order valence-electron chi connectivity index (χ3n) is 10.2. The number of hydrogen-bond acceptors (Lipinski definition) is 16. The Kier molecular flexibility index (Phi) is 10.0. The maximum Gasteiger partial charge on any atom is 0.282 e. The van der Waals surface area contributed by atoms with E-state index in [1.165, 1.54) is 44.2 Å². The minimum absolute atomic E-state index is 0.0435. The number of ether oxygens (including phenoxy) is 4. The van der Waals surface area contributed by atoms with Gasteiger partial charge in [-0.2, -0.15) is 8.42 Å². The highest BCUT2D eigenvalue weighted by atomic mass is 32.2. The van der Waals surface area contributed by atoms with Gasteiger partial charge in [0, 0.05) is 49.0 Å². The van der Waals surface area contributed by atoms with E-state index in [9.17, 15) is 52.9 Å². The Morgan fingerprint density at radius 1 is 1.12 bits per heavy atom. The monoisotopic (exact) mass is 736 g/mol. The van der Waals surface area contributed by atoms with Gasteiger partial charge in [-0.1, -0.05) is 12.1 Å². The first-order valence-corrected chi connectivity index (χ1v) is 17.8. The minimum Gasteiger partial charge on any atom is -0.507 e. The van der Waals surface area contributed by atoms with Crippen molar-refractivity contribution in [3.8, 4) is 17.2 Å². The molecule has 0 amide bonds. The third-order valence-corrected chi connectivity index (χ3v) is 11.3. The van der Waals surface area contributed by atoms with Gasteiger partial charge in [0.05, 0.1) is 61.4 Å². The van der Waals surface area contributed by atoms with E-state index < -0.39 is 111 Å². The van der Waals surface area contributed by atoms with Crippen LogP contribution in [0.2, 0.25) is 0 Å². The minimum atomic E-state index is -4.68. The van der Waals surface area contributed by atoms with Crippen LogP contribution in [-0.4, -0.2) is 141 Å². The van der Waals surface area contributed by atoms with Crippen molar-refractivity contribution in [2.24, 2.45) is 0 Å². The predicted octanol–water partition coefficient (Wildman–Crippen LogP) is -0.174. The van der Waals surface area contributed by atoms with E-state index in [4.69, 9.17) is 18.9 Å². The highest BCUT2D eigenvalue weighted by molar-refractivity contribution is 7.86. The van der Waals surface area contributed by atoms with E-state index in [0.29, 0.717) is 0 Å². The van der Waals surface area contributed by atoms with E-state index in [0.717, 1.165) is 0 Å². The van der Waals surface area contributed by atoms with Crippen LogP contribution >= 0.6 is 0 Å². The van der Waals surface area contributed by atoms with Gasteiger partial charge in [-0.15, -0.1) is 0 Å². The molecule has 0 spiro atoms. The number of Topliss-reactive ketones (excluding diaryl/α,β-unsaturated/α-hetero) is 1. The first-order valence-electron chi connectivity index (χ1n) is 16.3. The molecular weight excluding hydrogens is 696 g/mol. The molecule has 2 heterocycles. The number of morpholine rings is 1. The van der Waals surface area contributed by atoms with Crippen molar-refractivity contribution in [2.75, 3.05) is 40.0 Å². The van der Waals surface area contributed by atoms with Crippen molar-refractivity contribution in [3.05, 3.63) is 51.6 Å². The van der Waals surface area contributed by atoms with Crippen LogP contribution in [0, 0.1) is 0 Å². The molecular formula is C33H40N2O15S. The zero-order chi connectivity index (χ0) is 37.2. The summed E-state index contributed by atoms with van der Waals surface area (Å²) in [6.07, 6.45) is -6.72. The molecule has 17 nitrogen and oxygen atoms in total. The fraction of sp³-hybridized carbons (Fsp3) is 0.545. The fourth-order valence-corrected chi connectivity index (χ4v) is 8.15. The average molecular weight is 737 g/mol. The van der Waals surface area contributed by atoms with Gasteiger partial charge in [-0.3, -0.25) is 18.9 Å². The van der Waals surface area contributed by atoms with Crippen LogP contribution in [-0.2, 0) is 35.5 Å². The predicted molar refractivity (Wildman–Crippen MR) is 173 cm³/mol. The maximum absolute atomic E-state index is 13.9. The summed E-state index contributed by atoms with van der Waals surface area (Å²) >= 11 is 0. The number of aliphatic hydroxyl groups excluding tert-OH is 2. The van der Waals surface area contributed by atoms with Crippen molar-refractivity contribution in [2.45, 2.75) is 74.7 Å². The molecule has 0 saturated carbocycles. The van der Waals surface area contributed by atoms with Crippen molar-refractivity contribution < 1.29 is 71.8 Å². The van der Waals surface area contributed by atoms with E-state index in [-0.39, 0.29) is 60.7 Å². The van der Waals surface area contributed by atoms with Crippen LogP contribution in [0.5, 0.6) is 17.2 Å². The Bertz CT molecular complexity index is 1860. The van der Waals surface area contributed by atoms with Crippen LogP contribution in [0.25, 0.3) is 0 Å². The number of benzene rings is 2. The number of fused-ring (bicyclic) bond motifs is 3. The first-order chi connectivity index (χ1) is 24.0. The number of hydrogen-bond donors (Lipinski definition) is 6. The van der Waals surface area contributed by atoms with Gasteiger partial charge >= 0.3 is 0 Å². The summed E-state index contributed by atoms with van der Waals surface area (Å²) in [6.45, 7) is 2.59. The van der Waals surface area contributed by atoms with Gasteiger partial charge in [0.1, 0.15) is 34.8 Å². The average Bonchev–Trinajstić information content (AvgIpc) is 3.09. The largest absolute Gasteiger partial charge is 0.507 e. The van der Waals surface area contributed by atoms with Crippen molar-refractivity contribution in [1.82, 2.24) is 10.0 Å². The Morgan fingerprint density at radius 3 is 2.41 bits per heavy atom. The molecule has 4 aliphatic rings. The number of aliphatic hydroxyl groups is 3. The van der Waals surface area contributed by atoms with Gasteiger partial charge in [0.25, 0.3) is 10.1 Å². The van der Waals surface area contributed by atoms with E-state index in [1.54, 1.807) is 5.01 Å². The second kappa shape index (κ2) is 13.8. The number of aromatic hydroxyl groups is 2. The zero-order valence-corrected chi connectivity index (χ0v) is 28.8. The number of carbonyl (C=O) groups is 3. The summed E-state index contributed by atoms with van der Waals surface area (Å²) in [5, 5.41) is 57.4. The molecule has 6 N–H and O–H groups in total. The molecule has 0 aromatic heterocycles. The van der Waals surface area contributed by atoms with Crippen LogP contribution in [0.15, 0.2) is 18.2 Å². The highest BCUT2D eigenvalue weighted by Gasteiger charge is 2.51. The van der Waals surface area contributed by atoms with Crippen molar-refractivity contribution >= 4 is 27.5 Å². The quantitative estimate of drug-likeness (QED) is 0.123. The summed E-state index contributed by atoms with van der Waals surface area (Å²) in [5.74, 6) is -4.22. The van der Waals surface area contributed by atoms with E-state index in [1.807, 2.05) is 0 Å². The Balaban J connectivity index is 1.44. The second-order valence-electron chi connectivity index (χ2n) is 13.1. The number of phenolic OH excluding ortho intramolecular Hbond substituents is 2. The molecule has 278 valence electrons. The van der Waals surface area contributed by atoms with Gasteiger partial charge < -0.3 is 44.5 Å². The molecule has 2 aliphatic carbocycles. The number of carbonyl (C=O) groups excluding carboxylic acids is 3. The molecule has 0 bridgehead atoms. The highest BCUT2D eigenvalue weighted by Crippen LogP contribution is 2.52.